The van der Waals surface area contributed by atoms with E-state index in [0.29, 0.717) is 0 Å². The van der Waals surface area contributed by atoms with Crippen molar-refractivity contribution in [3.05, 3.63) is 144 Å². The quantitative estimate of drug-likeness (QED) is 0.126. The first-order chi connectivity index (χ1) is 29.3. The highest BCUT2D eigenvalue weighted by molar-refractivity contribution is 5.91. The molecule has 4 fully saturated rings. The largest absolute Gasteiger partial charge is 0.459 e. The van der Waals surface area contributed by atoms with Crippen LogP contribution < -0.4 is 0 Å². The molecule has 15 nitrogen and oxygen atoms in total. The van der Waals surface area contributed by atoms with Crippen LogP contribution in [0.4, 0.5) is 0 Å². The fourth-order valence-corrected chi connectivity index (χ4v) is 7.63. The van der Waals surface area contributed by atoms with Crippen LogP contribution in [-0.2, 0) is 52.1 Å². The molecule has 0 aliphatic carbocycles. The van der Waals surface area contributed by atoms with Crippen LogP contribution in [0.1, 0.15) is 69.1 Å². The smallest absolute Gasteiger partial charge is 0.338 e. The number of esters is 4. The zero-order valence-corrected chi connectivity index (χ0v) is 33.9. The lowest BCUT2D eigenvalue weighted by Crippen LogP contribution is -2.64. The Kier molecular flexibility index (Phi) is 12.3. The van der Waals surface area contributed by atoms with Gasteiger partial charge in [0.15, 0.2) is 42.5 Å². The number of hydrogen-bond acceptors (Lipinski definition) is 15. The third-order valence-electron chi connectivity index (χ3n) is 10.5. The second kappa shape index (κ2) is 17.8. The van der Waals surface area contributed by atoms with E-state index < -0.39 is 103 Å². The van der Waals surface area contributed by atoms with Crippen molar-refractivity contribution >= 4 is 23.9 Å². The summed E-state index contributed by atoms with van der Waals surface area (Å²) >= 11 is 0. The summed E-state index contributed by atoms with van der Waals surface area (Å²) in [5, 5.41) is 0. The number of fused-ring (bicyclic) bond motifs is 1. The second-order valence-electron chi connectivity index (χ2n) is 15.8. The van der Waals surface area contributed by atoms with Crippen molar-refractivity contribution in [1.29, 1.82) is 0 Å². The molecule has 4 aromatic rings. The molecule has 0 saturated carbocycles. The van der Waals surface area contributed by atoms with Gasteiger partial charge in [-0.2, -0.15) is 0 Å². The van der Waals surface area contributed by atoms with E-state index in [1.165, 1.54) is 24.3 Å². The molecule has 0 bridgehead atoms. The maximum absolute atomic E-state index is 14.1. The molecule has 4 heterocycles. The van der Waals surface area contributed by atoms with Crippen molar-refractivity contribution in [3.8, 4) is 0 Å². The van der Waals surface area contributed by atoms with Gasteiger partial charge < -0.3 is 52.1 Å². The Morgan fingerprint density at radius 1 is 0.525 bits per heavy atom. The zero-order valence-electron chi connectivity index (χ0n) is 33.9. The SMILES string of the molecule is CC1(C)O[C@H]2O[C@H]([C@H]3COC(C)(C)O3)[C@@H](O[C@@H]3O[C@H](COC(=O)c4ccccc4)[C@@H](OC(=O)c4ccccc4)[C@H](OC(=O)c4ccccc4)[C@H]3OC(=O)c3ccccc3)[C@H]2O1. The van der Waals surface area contributed by atoms with Gasteiger partial charge in [-0.25, -0.2) is 19.2 Å². The Labute approximate surface area is 352 Å². The van der Waals surface area contributed by atoms with E-state index in [4.69, 9.17) is 52.1 Å². The first-order valence-electron chi connectivity index (χ1n) is 20.0. The van der Waals surface area contributed by atoms with Gasteiger partial charge in [-0.1, -0.05) is 72.8 Å². The van der Waals surface area contributed by atoms with Crippen molar-refractivity contribution in [2.75, 3.05) is 13.2 Å². The molecule has 0 amide bonds. The molecule has 4 aliphatic heterocycles. The van der Waals surface area contributed by atoms with Crippen LogP contribution in [0.15, 0.2) is 121 Å². The van der Waals surface area contributed by atoms with Gasteiger partial charge in [-0.15, -0.1) is 0 Å². The summed E-state index contributed by atoms with van der Waals surface area (Å²) in [6.45, 7) is 6.58. The number of carbonyl (C=O) groups excluding carboxylic acids is 4. The van der Waals surface area contributed by atoms with E-state index in [1.54, 1.807) is 125 Å². The molecule has 4 aliphatic rings. The molecule has 61 heavy (non-hydrogen) atoms. The minimum atomic E-state index is -1.64. The molecular weight excluding hydrogens is 792 g/mol. The lowest BCUT2D eigenvalue weighted by molar-refractivity contribution is -0.322. The first kappa shape index (κ1) is 42.2. The predicted octanol–water partition coefficient (Wildman–Crippen LogP) is 5.66. The zero-order chi connectivity index (χ0) is 42.7. The van der Waals surface area contributed by atoms with E-state index in [9.17, 15) is 19.2 Å². The van der Waals surface area contributed by atoms with E-state index in [0.717, 1.165) is 0 Å². The van der Waals surface area contributed by atoms with Gasteiger partial charge >= 0.3 is 23.9 Å². The molecule has 0 unspecified atom stereocenters. The van der Waals surface area contributed by atoms with Gasteiger partial charge in [0.25, 0.3) is 0 Å². The summed E-state index contributed by atoms with van der Waals surface area (Å²) in [4.78, 5) is 55.4. The average Bonchev–Trinajstić information content (AvgIpc) is 3.90. The molecule has 15 heteroatoms. The standard InChI is InChI=1S/C46H46O15/c1-45(2)52-26-32(59-45)34-36(38-44(57-34)61-46(3,4)60-38)58-43-37(56-42(50)30-23-15-8-16-24-30)35(55-41(49)29-21-13-7-14-22-29)33(54-40(48)28-19-11-6-12-20-28)31(53-43)25-51-39(47)27-17-9-5-10-18-27/h5-24,31-38,43-44H,25-26H2,1-4H3/t31-,32-,33-,34-,35+,36-,37-,38-,43+,44-/m1/s1. The number of hydrogen-bond donors (Lipinski definition) is 0. The minimum Gasteiger partial charge on any atom is -0.459 e. The molecule has 0 aromatic heterocycles. The van der Waals surface area contributed by atoms with Crippen molar-refractivity contribution in [3.63, 3.8) is 0 Å². The van der Waals surface area contributed by atoms with Gasteiger partial charge in [-0.3, -0.25) is 0 Å². The Morgan fingerprint density at radius 2 is 1.00 bits per heavy atom. The van der Waals surface area contributed by atoms with Crippen molar-refractivity contribution in [2.45, 2.75) is 101 Å². The van der Waals surface area contributed by atoms with Gasteiger partial charge in [0, 0.05) is 0 Å². The van der Waals surface area contributed by atoms with Crippen molar-refractivity contribution in [2.24, 2.45) is 0 Å². The van der Waals surface area contributed by atoms with Crippen LogP contribution in [0.25, 0.3) is 0 Å². The van der Waals surface area contributed by atoms with Crippen LogP contribution in [0.5, 0.6) is 0 Å². The third-order valence-corrected chi connectivity index (χ3v) is 10.5. The Hall–Kier alpha value is -5.52. The van der Waals surface area contributed by atoms with Crippen LogP contribution in [0, 0.1) is 0 Å². The van der Waals surface area contributed by atoms with E-state index in [2.05, 4.69) is 0 Å². The van der Waals surface area contributed by atoms with Crippen molar-refractivity contribution in [1.82, 2.24) is 0 Å². The number of carbonyl (C=O) groups is 4. The molecule has 4 saturated heterocycles. The van der Waals surface area contributed by atoms with Gasteiger partial charge in [0.05, 0.1) is 28.9 Å². The molecule has 10 atom stereocenters. The van der Waals surface area contributed by atoms with E-state index >= 15 is 0 Å². The molecular formula is C46H46O15. The maximum Gasteiger partial charge on any atom is 0.338 e. The highest BCUT2D eigenvalue weighted by atomic mass is 16.9. The molecule has 0 N–H and O–H groups in total. The minimum absolute atomic E-state index is 0.130. The van der Waals surface area contributed by atoms with Gasteiger partial charge in [-0.05, 0) is 76.2 Å². The normalized spacial score (nSPS) is 29.8. The monoisotopic (exact) mass is 838 g/mol. The van der Waals surface area contributed by atoms with E-state index in [-0.39, 0.29) is 28.9 Å². The molecule has 320 valence electrons. The highest BCUT2D eigenvalue weighted by Gasteiger charge is 2.62. The molecule has 4 aromatic carbocycles. The molecule has 0 radical (unpaired) electrons. The fraction of sp³-hybridized carbons (Fsp3) is 0.391. The number of rotatable bonds is 12. The van der Waals surface area contributed by atoms with Crippen LogP contribution in [0.3, 0.4) is 0 Å². The highest BCUT2D eigenvalue weighted by Crippen LogP contribution is 2.44. The van der Waals surface area contributed by atoms with Crippen LogP contribution >= 0.6 is 0 Å². The lowest BCUT2D eigenvalue weighted by Gasteiger charge is -2.45. The molecule has 0 spiro atoms. The Morgan fingerprint density at radius 3 is 1.49 bits per heavy atom. The predicted molar refractivity (Wildman–Crippen MR) is 211 cm³/mol. The van der Waals surface area contributed by atoms with Gasteiger partial charge in [0.2, 0.25) is 0 Å². The number of benzene rings is 4. The maximum atomic E-state index is 14.1. The Balaban J connectivity index is 1.21. The topological polar surface area (TPSA) is 170 Å². The summed E-state index contributed by atoms with van der Waals surface area (Å²) in [7, 11) is 0. The molecule has 8 rings (SSSR count). The average molecular weight is 839 g/mol. The Bertz CT molecular complexity index is 2150. The lowest BCUT2D eigenvalue weighted by atomic mass is 9.97. The summed E-state index contributed by atoms with van der Waals surface area (Å²) in [6, 6.07) is 32.6. The summed E-state index contributed by atoms with van der Waals surface area (Å²) in [5.74, 6) is -5.25. The second-order valence-corrected chi connectivity index (χ2v) is 15.8. The third kappa shape index (κ3) is 9.68. The fourth-order valence-electron chi connectivity index (χ4n) is 7.63. The van der Waals surface area contributed by atoms with Gasteiger partial charge in [0.1, 0.15) is 37.1 Å². The summed E-state index contributed by atoms with van der Waals surface area (Å²) in [6.07, 6.45) is -12.2. The summed E-state index contributed by atoms with van der Waals surface area (Å²) < 4.78 is 68.8. The number of ether oxygens (including phenoxy) is 11. The summed E-state index contributed by atoms with van der Waals surface area (Å²) in [5.41, 5.74) is 0.699. The first-order valence-corrected chi connectivity index (χ1v) is 20.0. The van der Waals surface area contributed by atoms with Crippen molar-refractivity contribution < 1.29 is 71.3 Å². The van der Waals surface area contributed by atoms with E-state index in [1.807, 2.05) is 0 Å². The van der Waals surface area contributed by atoms with Crippen LogP contribution in [0.2, 0.25) is 0 Å². The van der Waals surface area contributed by atoms with Crippen LogP contribution in [-0.4, -0.2) is 110 Å².